The second kappa shape index (κ2) is 6.81. The Kier molecular flexibility index (Phi) is 5.05. The van der Waals surface area contributed by atoms with Crippen molar-refractivity contribution in [2.24, 2.45) is 0 Å². The Morgan fingerprint density at radius 3 is 2.68 bits per heavy atom. The molecule has 0 radical (unpaired) electrons. The number of anilines is 2. The molecule has 0 bridgehead atoms. The van der Waals surface area contributed by atoms with Gasteiger partial charge in [-0.25, -0.2) is 4.79 Å². The molecular formula is C15H15ClN2O3S. The summed E-state index contributed by atoms with van der Waals surface area (Å²) in [6.07, 6.45) is 0. The van der Waals surface area contributed by atoms with Crippen LogP contribution in [0.25, 0.3) is 0 Å². The minimum atomic E-state index is -0.478. The zero-order chi connectivity index (χ0) is 16.3. The fourth-order valence-corrected chi connectivity index (χ4v) is 3.11. The molecule has 0 spiro atoms. The molecule has 7 heteroatoms. The quantitative estimate of drug-likeness (QED) is 0.832. The van der Waals surface area contributed by atoms with Gasteiger partial charge in [0, 0.05) is 0 Å². The van der Waals surface area contributed by atoms with E-state index in [1.807, 2.05) is 0 Å². The van der Waals surface area contributed by atoms with Crippen molar-refractivity contribution >= 4 is 45.5 Å². The van der Waals surface area contributed by atoms with E-state index in [9.17, 15) is 9.59 Å². The largest absolute Gasteiger partial charge is 0.462 e. The Morgan fingerprint density at radius 2 is 2.05 bits per heavy atom. The molecule has 5 nitrogen and oxygen atoms in total. The SMILES string of the molecule is CCOC(=O)c1sc(N)c(C(=O)Nc2ccccc2Cl)c1C. The van der Waals surface area contributed by atoms with Crippen molar-refractivity contribution in [1.29, 1.82) is 0 Å². The Hall–Kier alpha value is -2.05. The molecule has 0 fully saturated rings. The van der Waals surface area contributed by atoms with Crippen LogP contribution in [0.5, 0.6) is 0 Å². The van der Waals surface area contributed by atoms with Crippen LogP contribution in [-0.2, 0) is 4.74 Å². The van der Waals surface area contributed by atoms with Gasteiger partial charge in [0.25, 0.3) is 5.91 Å². The number of para-hydroxylation sites is 1. The lowest BCUT2D eigenvalue weighted by Gasteiger charge is -2.07. The van der Waals surface area contributed by atoms with E-state index >= 15 is 0 Å². The first kappa shape index (κ1) is 16.3. The molecule has 0 saturated heterocycles. The van der Waals surface area contributed by atoms with E-state index in [-0.39, 0.29) is 17.2 Å². The highest BCUT2D eigenvalue weighted by atomic mass is 35.5. The second-order valence-electron chi connectivity index (χ2n) is 4.45. The minimum Gasteiger partial charge on any atom is -0.462 e. The number of halogens is 1. The molecule has 0 saturated carbocycles. The number of thiophene rings is 1. The molecule has 1 aromatic carbocycles. The van der Waals surface area contributed by atoms with Gasteiger partial charge in [0.2, 0.25) is 0 Å². The fourth-order valence-electron chi connectivity index (χ4n) is 1.96. The van der Waals surface area contributed by atoms with Gasteiger partial charge in [0.05, 0.1) is 27.9 Å². The number of amides is 1. The van der Waals surface area contributed by atoms with E-state index in [0.29, 0.717) is 21.2 Å². The molecule has 0 aliphatic heterocycles. The Balaban J connectivity index is 2.31. The third kappa shape index (κ3) is 3.23. The molecule has 1 aromatic heterocycles. The summed E-state index contributed by atoms with van der Waals surface area (Å²) in [5, 5.41) is 3.39. The molecule has 2 rings (SSSR count). The number of ether oxygens (including phenoxy) is 1. The summed E-state index contributed by atoms with van der Waals surface area (Å²) >= 11 is 7.06. The first-order valence-electron chi connectivity index (χ1n) is 6.57. The predicted molar refractivity (Wildman–Crippen MR) is 88.8 cm³/mol. The van der Waals surface area contributed by atoms with Crippen molar-refractivity contribution in [3.05, 3.63) is 45.3 Å². The summed E-state index contributed by atoms with van der Waals surface area (Å²) < 4.78 is 4.96. The lowest BCUT2D eigenvalue weighted by Crippen LogP contribution is -2.14. The molecule has 3 N–H and O–H groups in total. The number of carbonyl (C=O) groups excluding carboxylic acids is 2. The maximum atomic E-state index is 12.4. The number of benzene rings is 1. The van der Waals surface area contributed by atoms with Gasteiger partial charge in [0.15, 0.2) is 0 Å². The van der Waals surface area contributed by atoms with Crippen LogP contribution in [0.1, 0.15) is 32.5 Å². The van der Waals surface area contributed by atoms with Gasteiger partial charge in [0.1, 0.15) is 4.88 Å². The van der Waals surface area contributed by atoms with Crippen LogP contribution in [0.15, 0.2) is 24.3 Å². The maximum absolute atomic E-state index is 12.4. The molecule has 0 aliphatic rings. The van der Waals surface area contributed by atoms with Crippen molar-refractivity contribution in [3.63, 3.8) is 0 Å². The summed E-state index contributed by atoms with van der Waals surface area (Å²) in [5.41, 5.74) is 7.15. The van der Waals surface area contributed by atoms with E-state index in [1.165, 1.54) is 0 Å². The van der Waals surface area contributed by atoms with Crippen molar-refractivity contribution < 1.29 is 14.3 Å². The molecule has 1 heterocycles. The predicted octanol–water partition coefficient (Wildman–Crippen LogP) is 3.72. The lowest BCUT2D eigenvalue weighted by molar-refractivity contribution is 0.0531. The first-order valence-corrected chi connectivity index (χ1v) is 7.77. The van der Waals surface area contributed by atoms with Gasteiger partial charge in [-0.15, -0.1) is 11.3 Å². The average Bonchev–Trinajstić information content (AvgIpc) is 2.77. The summed E-state index contributed by atoms with van der Waals surface area (Å²) in [5.74, 6) is -0.886. The van der Waals surface area contributed by atoms with Gasteiger partial charge in [-0.2, -0.15) is 0 Å². The number of nitrogens with one attached hydrogen (secondary N) is 1. The summed E-state index contributed by atoms with van der Waals surface area (Å²) in [7, 11) is 0. The molecular weight excluding hydrogens is 324 g/mol. The van der Waals surface area contributed by atoms with Crippen molar-refractivity contribution in [2.45, 2.75) is 13.8 Å². The summed E-state index contributed by atoms with van der Waals surface area (Å²) in [4.78, 5) is 24.6. The van der Waals surface area contributed by atoms with E-state index < -0.39 is 11.9 Å². The standard InChI is InChI=1S/C15H15ClN2O3S/c1-3-21-15(20)12-8(2)11(13(17)22-12)14(19)18-10-7-5-4-6-9(10)16/h4-7H,3,17H2,1-2H3,(H,18,19). The third-order valence-corrected chi connectivity index (χ3v) is 4.41. The van der Waals surface area contributed by atoms with Crippen LogP contribution in [-0.4, -0.2) is 18.5 Å². The Labute approximate surface area is 137 Å². The van der Waals surface area contributed by atoms with Crippen molar-refractivity contribution in [3.8, 4) is 0 Å². The number of nitrogen functional groups attached to an aromatic ring is 1. The first-order chi connectivity index (χ1) is 10.5. The monoisotopic (exact) mass is 338 g/mol. The average molecular weight is 339 g/mol. The molecule has 116 valence electrons. The van der Waals surface area contributed by atoms with Gasteiger partial charge in [-0.05, 0) is 31.5 Å². The summed E-state index contributed by atoms with van der Waals surface area (Å²) in [6.45, 7) is 3.65. The zero-order valence-electron chi connectivity index (χ0n) is 12.1. The normalized spacial score (nSPS) is 10.3. The van der Waals surface area contributed by atoms with E-state index in [2.05, 4.69) is 5.32 Å². The van der Waals surface area contributed by atoms with E-state index in [1.54, 1.807) is 38.1 Å². The Bertz CT molecular complexity index is 728. The highest BCUT2D eigenvalue weighted by Gasteiger charge is 2.24. The van der Waals surface area contributed by atoms with Crippen LogP contribution < -0.4 is 11.1 Å². The van der Waals surface area contributed by atoms with E-state index in [4.69, 9.17) is 22.1 Å². The number of hydrogen-bond acceptors (Lipinski definition) is 5. The van der Waals surface area contributed by atoms with Crippen molar-refractivity contribution in [2.75, 3.05) is 17.7 Å². The van der Waals surface area contributed by atoms with Crippen LogP contribution in [0, 0.1) is 6.92 Å². The van der Waals surface area contributed by atoms with Gasteiger partial charge < -0.3 is 15.8 Å². The maximum Gasteiger partial charge on any atom is 0.348 e. The molecule has 2 aromatic rings. The number of hydrogen-bond donors (Lipinski definition) is 2. The van der Waals surface area contributed by atoms with Gasteiger partial charge in [-0.1, -0.05) is 23.7 Å². The second-order valence-corrected chi connectivity index (χ2v) is 5.91. The van der Waals surface area contributed by atoms with Crippen LogP contribution in [0.4, 0.5) is 10.7 Å². The smallest absolute Gasteiger partial charge is 0.348 e. The number of esters is 1. The topological polar surface area (TPSA) is 81.4 Å². The number of nitrogens with two attached hydrogens (primary N) is 1. The van der Waals surface area contributed by atoms with Gasteiger partial charge in [-0.3, -0.25) is 4.79 Å². The third-order valence-electron chi connectivity index (χ3n) is 2.98. The number of rotatable bonds is 4. The fraction of sp³-hybridized carbons (Fsp3) is 0.200. The van der Waals surface area contributed by atoms with Crippen LogP contribution >= 0.6 is 22.9 Å². The summed E-state index contributed by atoms with van der Waals surface area (Å²) in [6, 6.07) is 6.88. The van der Waals surface area contributed by atoms with Gasteiger partial charge >= 0.3 is 5.97 Å². The molecule has 1 amide bonds. The van der Waals surface area contributed by atoms with Crippen LogP contribution in [0.3, 0.4) is 0 Å². The number of carbonyl (C=O) groups is 2. The minimum absolute atomic E-state index is 0.261. The van der Waals surface area contributed by atoms with E-state index in [0.717, 1.165) is 11.3 Å². The molecule has 0 aliphatic carbocycles. The molecule has 22 heavy (non-hydrogen) atoms. The molecule has 0 unspecified atom stereocenters. The zero-order valence-corrected chi connectivity index (χ0v) is 13.7. The Morgan fingerprint density at radius 1 is 1.36 bits per heavy atom. The highest BCUT2D eigenvalue weighted by molar-refractivity contribution is 7.18. The highest BCUT2D eigenvalue weighted by Crippen LogP contribution is 2.32. The lowest BCUT2D eigenvalue weighted by atomic mass is 10.1. The van der Waals surface area contributed by atoms with Crippen LogP contribution in [0.2, 0.25) is 5.02 Å². The van der Waals surface area contributed by atoms with Crippen molar-refractivity contribution in [1.82, 2.24) is 0 Å². The molecule has 0 atom stereocenters.